The molecule has 180 valence electrons. The number of hydrogen-bond donors (Lipinski definition) is 1. The number of ether oxygens (including phenoxy) is 2. The quantitative estimate of drug-likeness (QED) is 0.296. The van der Waals surface area contributed by atoms with Crippen molar-refractivity contribution in [2.75, 3.05) is 19.8 Å². The van der Waals surface area contributed by atoms with Gasteiger partial charge in [0.15, 0.2) is 18.1 Å². The van der Waals surface area contributed by atoms with Crippen LogP contribution < -0.4 is 14.8 Å². The third-order valence-electron chi connectivity index (χ3n) is 5.36. The Morgan fingerprint density at radius 3 is 2.42 bits per heavy atom. The van der Waals surface area contributed by atoms with Crippen molar-refractivity contribution in [3.05, 3.63) is 96.0 Å². The van der Waals surface area contributed by atoms with E-state index in [1.54, 1.807) is 22.7 Å². The van der Waals surface area contributed by atoms with Crippen LogP contribution in [0.4, 0.5) is 0 Å². The Kier molecular flexibility index (Phi) is 7.05. The Morgan fingerprint density at radius 2 is 1.58 bits per heavy atom. The van der Waals surface area contributed by atoms with E-state index in [9.17, 15) is 4.79 Å². The number of halogens is 1. The number of carbonyl (C=O) groups excluding carboxylic acids is 1. The Labute approximate surface area is 212 Å². The van der Waals surface area contributed by atoms with Crippen molar-refractivity contribution in [3.8, 4) is 34.1 Å². The molecule has 0 unspecified atom stereocenters. The van der Waals surface area contributed by atoms with E-state index in [4.69, 9.17) is 21.1 Å². The molecule has 0 aliphatic rings. The zero-order chi connectivity index (χ0) is 24.7. The number of amides is 1. The smallest absolute Gasteiger partial charge is 0.258 e. The van der Waals surface area contributed by atoms with Gasteiger partial charge in [-0.1, -0.05) is 72.3 Å². The van der Waals surface area contributed by atoms with Crippen LogP contribution in [0.15, 0.2) is 91.0 Å². The lowest BCUT2D eigenvalue weighted by Gasteiger charge is -2.12. The number of benzene rings is 3. The molecule has 8 nitrogen and oxygen atoms in total. The molecular weight excluding hydrogens is 478 g/mol. The lowest BCUT2D eigenvalue weighted by atomic mass is 10.1. The highest BCUT2D eigenvalue weighted by Crippen LogP contribution is 2.29. The minimum Gasteiger partial charge on any atom is -0.483 e. The number of nitrogens with zero attached hydrogens (tertiary/aromatic N) is 4. The molecule has 2 aromatic heterocycles. The van der Waals surface area contributed by atoms with Crippen LogP contribution in [0.3, 0.4) is 0 Å². The van der Waals surface area contributed by atoms with Crippen molar-refractivity contribution in [1.82, 2.24) is 25.1 Å². The summed E-state index contributed by atoms with van der Waals surface area (Å²) in [6.45, 7) is 0.423. The summed E-state index contributed by atoms with van der Waals surface area (Å²) >= 11 is 6.30. The Balaban J connectivity index is 1.14. The van der Waals surface area contributed by atoms with Crippen molar-refractivity contribution in [1.29, 1.82) is 0 Å². The summed E-state index contributed by atoms with van der Waals surface area (Å²) in [6.07, 6.45) is 0. The van der Waals surface area contributed by atoms with Crippen LogP contribution in [0, 0.1) is 0 Å². The van der Waals surface area contributed by atoms with Crippen LogP contribution in [-0.2, 0) is 4.79 Å². The summed E-state index contributed by atoms with van der Waals surface area (Å²) in [7, 11) is 0. The van der Waals surface area contributed by atoms with Crippen LogP contribution in [0.25, 0.3) is 28.2 Å². The van der Waals surface area contributed by atoms with Crippen molar-refractivity contribution in [2.24, 2.45) is 0 Å². The van der Waals surface area contributed by atoms with E-state index in [1.807, 2.05) is 72.8 Å². The number of carbonyl (C=O) groups is 1. The second kappa shape index (κ2) is 10.9. The predicted molar refractivity (Wildman–Crippen MR) is 137 cm³/mol. The fraction of sp³-hybridized carbons (Fsp3) is 0.111. The van der Waals surface area contributed by atoms with E-state index in [1.165, 1.54) is 0 Å². The molecule has 3 aromatic carbocycles. The van der Waals surface area contributed by atoms with E-state index >= 15 is 0 Å². The van der Waals surface area contributed by atoms with Gasteiger partial charge < -0.3 is 14.8 Å². The maximum absolute atomic E-state index is 12.3. The molecule has 0 fully saturated rings. The van der Waals surface area contributed by atoms with Gasteiger partial charge in [0, 0.05) is 17.2 Å². The van der Waals surface area contributed by atoms with Gasteiger partial charge in [-0.15, -0.1) is 15.3 Å². The van der Waals surface area contributed by atoms with Gasteiger partial charge in [0.05, 0.1) is 11.6 Å². The summed E-state index contributed by atoms with van der Waals surface area (Å²) < 4.78 is 13.1. The lowest BCUT2D eigenvalue weighted by molar-refractivity contribution is -0.123. The minimum absolute atomic E-state index is 0.101. The van der Waals surface area contributed by atoms with Crippen LogP contribution >= 0.6 is 11.6 Å². The molecule has 0 radical (unpaired) electrons. The van der Waals surface area contributed by atoms with Gasteiger partial charge >= 0.3 is 0 Å². The molecule has 0 saturated carbocycles. The second-order valence-corrected chi connectivity index (χ2v) is 8.20. The predicted octanol–water partition coefficient (Wildman–Crippen LogP) is 4.69. The van der Waals surface area contributed by atoms with E-state index < -0.39 is 0 Å². The van der Waals surface area contributed by atoms with Gasteiger partial charge in [-0.05, 0) is 29.8 Å². The third-order valence-corrected chi connectivity index (χ3v) is 5.69. The van der Waals surface area contributed by atoms with Crippen LogP contribution in [0.1, 0.15) is 0 Å². The normalized spacial score (nSPS) is 10.8. The van der Waals surface area contributed by atoms with Gasteiger partial charge in [0.2, 0.25) is 5.88 Å². The maximum atomic E-state index is 12.3. The number of para-hydroxylation sites is 1. The molecule has 0 atom stereocenters. The van der Waals surface area contributed by atoms with E-state index in [2.05, 4.69) is 20.6 Å². The first-order valence-electron chi connectivity index (χ1n) is 11.3. The summed E-state index contributed by atoms with van der Waals surface area (Å²) in [6, 6.07) is 28.3. The van der Waals surface area contributed by atoms with E-state index in [-0.39, 0.29) is 19.1 Å². The van der Waals surface area contributed by atoms with E-state index in [0.717, 1.165) is 16.7 Å². The molecular formula is C27H22ClN5O3. The zero-order valence-electron chi connectivity index (χ0n) is 19.2. The van der Waals surface area contributed by atoms with Gasteiger partial charge in [-0.3, -0.25) is 4.79 Å². The van der Waals surface area contributed by atoms with Crippen LogP contribution in [-0.4, -0.2) is 45.5 Å². The topological polar surface area (TPSA) is 90.6 Å². The minimum atomic E-state index is -0.246. The Hall–Kier alpha value is -4.43. The standard InChI is InChI=1S/C27H22ClN5O3/c28-22-12-6-4-11-21(22)27-31-30-24-14-15-26(32-33(24)27)35-17-16-29-25(34)18-36-23-13-7-5-10-20(23)19-8-2-1-3-9-19/h1-15H,16-18H2,(H,29,34). The van der Waals surface area contributed by atoms with Gasteiger partial charge in [0.25, 0.3) is 5.91 Å². The summed E-state index contributed by atoms with van der Waals surface area (Å²) in [5.74, 6) is 1.29. The Morgan fingerprint density at radius 1 is 0.833 bits per heavy atom. The van der Waals surface area contributed by atoms with Crippen molar-refractivity contribution >= 4 is 23.2 Å². The molecule has 0 saturated heterocycles. The maximum Gasteiger partial charge on any atom is 0.258 e. The zero-order valence-corrected chi connectivity index (χ0v) is 19.9. The first kappa shape index (κ1) is 23.3. The average molecular weight is 500 g/mol. The molecule has 1 amide bonds. The first-order chi connectivity index (χ1) is 17.7. The summed E-state index contributed by atoms with van der Waals surface area (Å²) in [5.41, 5.74) is 3.24. The fourth-order valence-electron chi connectivity index (χ4n) is 3.65. The average Bonchev–Trinajstić information content (AvgIpc) is 3.34. The number of fused-ring (bicyclic) bond motifs is 1. The Bertz CT molecular complexity index is 1490. The highest BCUT2D eigenvalue weighted by Gasteiger charge is 2.13. The molecule has 0 aliphatic heterocycles. The lowest BCUT2D eigenvalue weighted by Crippen LogP contribution is -2.32. The highest BCUT2D eigenvalue weighted by molar-refractivity contribution is 6.33. The second-order valence-electron chi connectivity index (χ2n) is 7.79. The molecule has 1 N–H and O–H groups in total. The molecule has 9 heteroatoms. The number of rotatable bonds is 9. The van der Waals surface area contributed by atoms with E-state index in [0.29, 0.717) is 34.7 Å². The van der Waals surface area contributed by atoms with Gasteiger partial charge in [0.1, 0.15) is 12.4 Å². The van der Waals surface area contributed by atoms with Gasteiger partial charge in [-0.2, -0.15) is 4.52 Å². The highest BCUT2D eigenvalue weighted by atomic mass is 35.5. The number of hydrogen-bond acceptors (Lipinski definition) is 6. The van der Waals surface area contributed by atoms with Crippen molar-refractivity contribution < 1.29 is 14.3 Å². The largest absolute Gasteiger partial charge is 0.483 e. The number of nitrogens with one attached hydrogen (secondary N) is 1. The molecule has 5 aromatic rings. The molecule has 36 heavy (non-hydrogen) atoms. The molecule has 2 heterocycles. The molecule has 0 spiro atoms. The van der Waals surface area contributed by atoms with Crippen LogP contribution in [0.5, 0.6) is 11.6 Å². The SMILES string of the molecule is O=C(COc1ccccc1-c1ccccc1)NCCOc1ccc2nnc(-c3ccccc3Cl)n2n1. The number of aromatic nitrogens is 4. The third kappa shape index (κ3) is 5.29. The molecule has 0 bridgehead atoms. The summed E-state index contributed by atoms with van der Waals surface area (Å²) in [4.78, 5) is 12.3. The monoisotopic (exact) mass is 499 g/mol. The van der Waals surface area contributed by atoms with Crippen LogP contribution in [0.2, 0.25) is 5.02 Å². The van der Waals surface area contributed by atoms with Crippen molar-refractivity contribution in [3.63, 3.8) is 0 Å². The molecule has 5 rings (SSSR count). The first-order valence-corrected chi connectivity index (χ1v) is 11.7. The fourth-order valence-corrected chi connectivity index (χ4v) is 3.87. The van der Waals surface area contributed by atoms with Gasteiger partial charge in [-0.25, -0.2) is 0 Å². The molecule has 0 aliphatic carbocycles. The van der Waals surface area contributed by atoms with Crippen molar-refractivity contribution in [2.45, 2.75) is 0 Å². The summed E-state index contributed by atoms with van der Waals surface area (Å²) in [5, 5.41) is 16.1.